The Hall–Kier alpha value is -1.92. The molecule has 1 aromatic carbocycles. The number of amides is 2. The quantitative estimate of drug-likeness (QED) is 0.900. The van der Waals surface area contributed by atoms with Crippen LogP contribution in [0.1, 0.15) is 24.0 Å². The summed E-state index contributed by atoms with van der Waals surface area (Å²) in [4.78, 5) is 28.7. The number of ether oxygens (including phenoxy) is 1. The van der Waals surface area contributed by atoms with Crippen molar-refractivity contribution in [2.45, 2.75) is 32.8 Å². The van der Waals surface area contributed by atoms with Crippen molar-refractivity contribution in [2.24, 2.45) is 0 Å². The van der Waals surface area contributed by atoms with Crippen LogP contribution < -0.4 is 5.32 Å². The van der Waals surface area contributed by atoms with E-state index in [9.17, 15) is 9.59 Å². The zero-order chi connectivity index (χ0) is 17.8. The van der Waals surface area contributed by atoms with Gasteiger partial charge in [0.05, 0.1) is 6.54 Å². The van der Waals surface area contributed by atoms with Crippen molar-refractivity contribution in [3.8, 4) is 0 Å². The van der Waals surface area contributed by atoms with Crippen LogP contribution in [0.4, 0.5) is 5.69 Å². The topological polar surface area (TPSA) is 61.9 Å². The summed E-state index contributed by atoms with van der Waals surface area (Å²) in [6, 6.07) is 5.99. The Kier molecular flexibility index (Phi) is 5.71. The van der Waals surface area contributed by atoms with E-state index in [4.69, 9.17) is 4.74 Å². The molecule has 2 heterocycles. The zero-order valence-electron chi connectivity index (χ0n) is 15.1. The van der Waals surface area contributed by atoms with Crippen LogP contribution in [0.5, 0.6) is 0 Å². The van der Waals surface area contributed by atoms with Gasteiger partial charge in [0.1, 0.15) is 6.10 Å². The highest BCUT2D eigenvalue weighted by molar-refractivity contribution is 5.93. The Morgan fingerprint density at radius 2 is 1.84 bits per heavy atom. The second kappa shape index (κ2) is 7.97. The average molecular weight is 345 g/mol. The predicted molar refractivity (Wildman–Crippen MR) is 96.5 cm³/mol. The fourth-order valence-corrected chi connectivity index (χ4v) is 3.50. The van der Waals surface area contributed by atoms with Crippen molar-refractivity contribution in [3.63, 3.8) is 0 Å². The number of anilines is 1. The van der Waals surface area contributed by atoms with Crippen LogP contribution in [0.25, 0.3) is 0 Å². The minimum atomic E-state index is -0.251. The Labute approximate surface area is 149 Å². The van der Waals surface area contributed by atoms with Crippen molar-refractivity contribution < 1.29 is 14.3 Å². The molecule has 0 aliphatic carbocycles. The highest BCUT2D eigenvalue weighted by Crippen LogP contribution is 2.19. The monoisotopic (exact) mass is 345 g/mol. The number of aryl methyl sites for hydroxylation is 2. The third-order valence-corrected chi connectivity index (χ3v) is 5.00. The lowest BCUT2D eigenvalue weighted by molar-refractivity contribution is -0.142. The molecular formula is C19H27N3O3. The number of piperazine rings is 1. The summed E-state index contributed by atoms with van der Waals surface area (Å²) in [5.74, 6) is 0.105. The number of benzene rings is 1. The minimum absolute atomic E-state index is 0.00342. The number of carbonyl (C=O) groups excluding carboxylic acids is 2. The fraction of sp³-hybridized carbons (Fsp3) is 0.579. The number of rotatable bonds is 4. The van der Waals surface area contributed by atoms with E-state index >= 15 is 0 Å². The summed E-state index contributed by atoms with van der Waals surface area (Å²) in [6.07, 6.45) is 1.55. The molecule has 2 aliphatic rings. The third-order valence-electron chi connectivity index (χ3n) is 5.00. The van der Waals surface area contributed by atoms with Gasteiger partial charge in [-0.15, -0.1) is 0 Å². The van der Waals surface area contributed by atoms with Crippen molar-refractivity contribution in [2.75, 3.05) is 44.6 Å². The molecule has 2 fully saturated rings. The van der Waals surface area contributed by atoms with Crippen LogP contribution in [-0.2, 0) is 14.3 Å². The molecule has 6 heteroatoms. The van der Waals surface area contributed by atoms with E-state index in [2.05, 4.69) is 10.2 Å². The molecule has 1 atom stereocenters. The molecule has 0 bridgehead atoms. The zero-order valence-corrected chi connectivity index (χ0v) is 15.1. The number of hydrogen-bond acceptors (Lipinski definition) is 4. The normalized spacial score (nSPS) is 21.4. The summed E-state index contributed by atoms with van der Waals surface area (Å²) in [7, 11) is 0. The van der Waals surface area contributed by atoms with Gasteiger partial charge in [0.2, 0.25) is 5.91 Å². The molecule has 3 rings (SSSR count). The van der Waals surface area contributed by atoms with Gasteiger partial charge in [-0.25, -0.2) is 0 Å². The third kappa shape index (κ3) is 4.38. The van der Waals surface area contributed by atoms with Gasteiger partial charge in [-0.2, -0.15) is 0 Å². The van der Waals surface area contributed by atoms with E-state index in [0.717, 1.165) is 42.7 Å². The van der Waals surface area contributed by atoms with E-state index in [1.165, 1.54) is 0 Å². The maximum Gasteiger partial charge on any atom is 0.251 e. The first-order chi connectivity index (χ1) is 12.0. The van der Waals surface area contributed by atoms with Gasteiger partial charge >= 0.3 is 0 Å². The molecule has 0 radical (unpaired) electrons. The lowest BCUT2D eigenvalue weighted by Crippen LogP contribution is -2.52. The summed E-state index contributed by atoms with van der Waals surface area (Å²) < 4.78 is 5.48. The molecule has 2 amide bonds. The number of nitrogens with one attached hydrogen (secondary N) is 1. The molecule has 136 valence electrons. The molecule has 1 aromatic rings. The van der Waals surface area contributed by atoms with Crippen molar-refractivity contribution in [3.05, 3.63) is 29.3 Å². The molecule has 1 N–H and O–H groups in total. The molecule has 0 saturated carbocycles. The summed E-state index contributed by atoms with van der Waals surface area (Å²) in [6.45, 7) is 7.81. The van der Waals surface area contributed by atoms with Crippen molar-refractivity contribution >= 4 is 17.5 Å². The Balaban J connectivity index is 1.47. The van der Waals surface area contributed by atoms with Crippen LogP contribution in [-0.4, -0.2) is 67.0 Å². The maximum absolute atomic E-state index is 12.4. The van der Waals surface area contributed by atoms with E-state index in [0.29, 0.717) is 26.2 Å². The van der Waals surface area contributed by atoms with Crippen molar-refractivity contribution in [1.29, 1.82) is 0 Å². The first kappa shape index (κ1) is 17.9. The van der Waals surface area contributed by atoms with Gasteiger partial charge in [0, 0.05) is 38.5 Å². The highest BCUT2D eigenvalue weighted by atomic mass is 16.5. The smallest absolute Gasteiger partial charge is 0.251 e. The van der Waals surface area contributed by atoms with Gasteiger partial charge in [-0.05, 0) is 37.8 Å². The molecule has 0 spiro atoms. The molecule has 2 saturated heterocycles. The lowest BCUT2D eigenvalue weighted by Gasteiger charge is -2.35. The van der Waals surface area contributed by atoms with E-state index in [1.807, 2.05) is 36.9 Å². The van der Waals surface area contributed by atoms with Gasteiger partial charge < -0.3 is 15.0 Å². The number of nitrogens with zero attached hydrogens (tertiary/aromatic N) is 2. The highest BCUT2D eigenvalue weighted by Gasteiger charge is 2.30. The second-order valence-electron chi connectivity index (χ2n) is 6.92. The van der Waals surface area contributed by atoms with E-state index < -0.39 is 0 Å². The number of hydrogen-bond donors (Lipinski definition) is 1. The SMILES string of the molecule is Cc1cccc(C)c1NC(=O)CN1CCN(C(=O)[C@@H]2CCCO2)CC1. The Bertz CT molecular complexity index is 613. The van der Waals surface area contributed by atoms with Gasteiger partial charge in [-0.3, -0.25) is 14.5 Å². The van der Waals surface area contributed by atoms with E-state index in [1.54, 1.807) is 0 Å². The van der Waals surface area contributed by atoms with E-state index in [-0.39, 0.29) is 17.9 Å². The fourth-order valence-electron chi connectivity index (χ4n) is 3.50. The van der Waals surface area contributed by atoms with Crippen LogP contribution in [0.15, 0.2) is 18.2 Å². The van der Waals surface area contributed by atoms with Crippen molar-refractivity contribution in [1.82, 2.24) is 9.80 Å². The summed E-state index contributed by atoms with van der Waals surface area (Å²) in [5.41, 5.74) is 3.04. The largest absolute Gasteiger partial charge is 0.368 e. The average Bonchev–Trinajstić information content (AvgIpc) is 3.13. The Morgan fingerprint density at radius 3 is 2.44 bits per heavy atom. The molecule has 25 heavy (non-hydrogen) atoms. The lowest BCUT2D eigenvalue weighted by atomic mass is 10.1. The van der Waals surface area contributed by atoms with Crippen LogP contribution >= 0.6 is 0 Å². The number of carbonyl (C=O) groups is 2. The molecule has 0 aromatic heterocycles. The van der Waals surface area contributed by atoms with Crippen LogP contribution in [0, 0.1) is 13.8 Å². The molecule has 2 aliphatic heterocycles. The van der Waals surface area contributed by atoms with Crippen LogP contribution in [0.2, 0.25) is 0 Å². The summed E-state index contributed by atoms with van der Waals surface area (Å²) in [5, 5.41) is 3.02. The standard InChI is InChI=1S/C19H27N3O3/c1-14-5-3-6-15(2)18(14)20-17(23)13-21-8-10-22(11-9-21)19(24)16-7-4-12-25-16/h3,5-6,16H,4,7-13H2,1-2H3,(H,20,23)/t16-/m0/s1. The predicted octanol–water partition coefficient (Wildman–Crippen LogP) is 1.57. The Morgan fingerprint density at radius 1 is 1.16 bits per heavy atom. The second-order valence-corrected chi connectivity index (χ2v) is 6.92. The van der Waals surface area contributed by atoms with Crippen LogP contribution in [0.3, 0.4) is 0 Å². The maximum atomic E-state index is 12.4. The van der Waals surface area contributed by atoms with Gasteiger partial charge in [0.25, 0.3) is 5.91 Å². The first-order valence-corrected chi connectivity index (χ1v) is 9.03. The first-order valence-electron chi connectivity index (χ1n) is 9.03. The molecule has 6 nitrogen and oxygen atoms in total. The van der Waals surface area contributed by atoms with Gasteiger partial charge in [-0.1, -0.05) is 18.2 Å². The molecule has 0 unspecified atom stereocenters. The minimum Gasteiger partial charge on any atom is -0.368 e. The molecular weight excluding hydrogens is 318 g/mol. The van der Waals surface area contributed by atoms with Gasteiger partial charge in [0.15, 0.2) is 0 Å². The number of para-hydroxylation sites is 1. The summed E-state index contributed by atoms with van der Waals surface area (Å²) >= 11 is 0.